The molecule has 0 saturated carbocycles. The van der Waals surface area contributed by atoms with Gasteiger partial charge < -0.3 is 25.4 Å². The minimum Gasteiger partial charge on any atom is -0.468 e. The molecule has 30 heavy (non-hydrogen) atoms. The van der Waals surface area contributed by atoms with Crippen molar-refractivity contribution < 1.29 is 27.4 Å². The largest absolute Gasteiger partial charge is 0.468 e. The van der Waals surface area contributed by atoms with E-state index in [1.165, 1.54) is 6.20 Å². The van der Waals surface area contributed by atoms with Gasteiger partial charge in [-0.2, -0.15) is 13.2 Å². The average molecular weight is 547 g/mol. The topological polar surface area (TPSA) is 96.9 Å². The lowest BCUT2D eigenvalue weighted by Crippen LogP contribution is -2.42. The summed E-state index contributed by atoms with van der Waals surface area (Å²) in [6.07, 6.45) is -3.62. The van der Waals surface area contributed by atoms with E-state index < -0.39 is 24.5 Å². The predicted octanol–water partition coefficient (Wildman–Crippen LogP) is 3.22. The number of aliphatic imine (C=N–C) groups is 1. The van der Waals surface area contributed by atoms with Crippen LogP contribution in [0.25, 0.3) is 0 Å². The van der Waals surface area contributed by atoms with E-state index in [-0.39, 0.29) is 36.4 Å². The van der Waals surface area contributed by atoms with Gasteiger partial charge in [0, 0.05) is 31.4 Å². The molecule has 0 unspecified atom stereocenters. The van der Waals surface area contributed by atoms with Crippen molar-refractivity contribution >= 4 is 36.0 Å². The molecule has 0 spiro atoms. The van der Waals surface area contributed by atoms with E-state index in [0.717, 1.165) is 0 Å². The molecule has 0 radical (unpaired) electrons. The third-order valence-corrected chi connectivity index (χ3v) is 3.06. The molecule has 0 atom stereocenters. The van der Waals surface area contributed by atoms with Crippen molar-refractivity contribution in [3.8, 4) is 5.88 Å². The third kappa shape index (κ3) is 13.3. The number of pyridine rings is 1. The summed E-state index contributed by atoms with van der Waals surface area (Å²) in [6.45, 7) is 7.07. The van der Waals surface area contributed by atoms with Gasteiger partial charge in [0.2, 0.25) is 5.88 Å². The monoisotopic (exact) mass is 547 g/mol. The summed E-state index contributed by atoms with van der Waals surface area (Å²) in [6, 6.07) is 3.19. The van der Waals surface area contributed by atoms with Gasteiger partial charge >= 0.3 is 12.3 Å². The Hall–Kier alpha value is -1.99. The second-order valence-corrected chi connectivity index (χ2v) is 6.92. The number of carbonyl (C=O) groups is 1. The number of amides is 1. The molecule has 0 aliphatic carbocycles. The van der Waals surface area contributed by atoms with E-state index in [9.17, 15) is 18.0 Å². The zero-order valence-electron chi connectivity index (χ0n) is 17.4. The van der Waals surface area contributed by atoms with Crippen LogP contribution in [0.3, 0.4) is 0 Å². The molecule has 0 saturated heterocycles. The Morgan fingerprint density at radius 1 is 1.17 bits per heavy atom. The van der Waals surface area contributed by atoms with Crippen LogP contribution in [0.4, 0.5) is 18.0 Å². The van der Waals surface area contributed by atoms with E-state index >= 15 is 0 Å². The molecule has 12 heteroatoms. The highest BCUT2D eigenvalue weighted by Gasteiger charge is 2.29. The Kier molecular flexibility index (Phi) is 12.5. The second-order valence-electron chi connectivity index (χ2n) is 6.92. The van der Waals surface area contributed by atoms with Crippen molar-refractivity contribution in [2.45, 2.75) is 46.0 Å². The number of aromatic nitrogens is 1. The van der Waals surface area contributed by atoms with Crippen LogP contribution in [0.2, 0.25) is 0 Å². The first-order valence-corrected chi connectivity index (χ1v) is 9.12. The maximum Gasteiger partial charge on any atom is 0.422 e. The summed E-state index contributed by atoms with van der Waals surface area (Å²) in [4.78, 5) is 19.8. The highest BCUT2D eigenvalue weighted by Crippen LogP contribution is 2.20. The number of hydrogen-bond donors (Lipinski definition) is 3. The molecule has 0 aliphatic rings. The number of nitrogens with one attached hydrogen (secondary N) is 3. The molecule has 8 nitrogen and oxygen atoms in total. The number of alkyl halides is 3. The first-order chi connectivity index (χ1) is 13.5. The fourth-order valence-corrected chi connectivity index (χ4v) is 1.99. The van der Waals surface area contributed by atoms with Gasteiger partial charge in [-0.15, -0.1) is 24.0 Å². The quantitative estimate of drug-likeness (QED) is 0.200. The van der Waals surface area contributed by atoms with Crippen LogP contribution in [0.15, 0.2) is 23.3 Å². The molecule has 1 aromatic rings. The highest BCUT2D eigenvalue weighted by molar-refractivity contribution is 14.0. The molecule has 0 fully saturated rings. The zero-order valence-corrected chi connectivity index (χ0v) is 19.8. The summed E-state index contributed by atoms with van der Waals surface area (Å²) in [7, 11) is 0. The first-order valence-electron chi connectivity index (χ1n) is 9.12. The molecule has 1 rings (SSSR count). The summed E-state index contributed by atoms with van der Waals surface area (Å²) in [5.41, 5.74) is -0.162. The van der Waals surface area contributed by atoms with Crippen LogP contribution in [-0.4, -0.2) is 55.1 Å². The van der Waals surface area contributed by atoms with E-state index in [1.807, 2.05) is 6.92 Å². The predicted molar refractivity (Wildman–Crippen MR) is 118 cm³/mol. The number of guanidine groups is 1. The van der Waals surface area contributed by atoms with Crippen LogP contribution in [0.1, 0.15) is 33.3 Å². The van der Waals surface area contributed by atoms with E-state index in [2.05, 4.69) is 25.9 Å². The van der Waals surface area contributed by atoms with Crippen LogP contribution in [0.5, 0.6) is 5.88 Å². The van der Waals surface area contributed by atoms with Crippen molar-refractivity contribution in [2.24, 2.45) is 4.99 Å². The minimum atomic E-state index is -4.45. The maximum absolute atomic E-state index is 12.4. The van der Waals surface area contributed by atoms with Crippen LogP contribution >= 0.6 is 24.0 Å². The maximum atomic E-state index is 12.4. The summed E-state index contributed by atoms with van der Waals surface area (Å²) < 4.78 is 47.0. The van der Waals surface area contributed by atoms with Gasteiger partial charge in [0.25, 0.3) is 0 Å². The Bertz CT molecular complexity index is 682. The van der Waals surface area contributed by atoms with Crippen molar-refractivity contribution in [3.63, 3.8) is 0 Å². The normalized spacial score (nSPS) is 11.9. The second kappa shape index (κ2) is 13.3. The number of carbonyl (C=O) groups excluding carboxylic acids is 1. The molecule has 172 valence electrons. The Morgan fingerprint density at radius 3 is 2.43 bits per heavy atom. The number of halogens is 4. The fraction of sp³-hybridized carbons (Fsp3) is 0.611. The van der Waals surface area contributed by atoms with Gasteiger partial charge in [0.1, 0.15) is 5.60 Å². The van der Waals surface area contributed by atoms with E-state index in [4.69, 9.17) is 9.47 Å². The molecule has 1 heterocycles. The van der Waals surface area contributed by atoms with Gasteiger partial charge in [-0.25, -0.2) is 14.8 Å². The molecule has 1 amide bonds. The van der Waals surface area contributed by atoms with Crippen molar-refractivity contribution in [1.29, 1.82) is 0 Å². The fourth-order valence-electron chi connectivity index (χ4n) is 1.99. The summed E-state index contributed by atoms with van der Waals surface area (Å²) in [5, 5.41) is 8.63. The third-order valence-electron chi connectivity index (χ3n) is 3.06. The molecule has 1 aromatic heterocycles. The minimum absolute atomic E-state index is 0. The van der Waals surface area contributed by atoms with Crippen molar-refractivity contribution in [1.82, 2.24) is 20.9 Å². The van der Waals surface area contributed by atoms with Crippen molar-refractivity contribution in [3.05, 3.63) is 23.9 Å². The van der Waals surface area contributed by atoms with Gasteiger partial charge in [-0.1, -0.05) is 6.07 Å². The summed E-state index contributed by atoms with van der Waals surface area (Å²) in [5.74, 6) is 0.320. The van der Waals surface area contributed by atoms with Crippen molar-refractivity contribution in [2.75, 3.05) is 26.2 Å². The highest BCUT2D eigenvalue weighted by atomic mass is 127. The lowest BCUT2D eigenvalue weighted by Gasteiger charge is -2.20. The van der Waals surface area contributed by atoms with Gasteiger partial charge in [-0.3, -0.25) is 0 Å². The zero-order chi connectivity index (χ0) is 21.9. The Morgan fingerprint density at radius 2 is 1.83 bits per heavy atom. The molecule has 0 aromatic carbocycles. The molecular weight excluding hydrogens is 518 g/mol. The smallest absolute Gasteiger partial charge is 0.422 e. The SMILES string of the molecule is CCNC(=NCc1cccnc1OCC(F)(F)F)NCCNC(=O)OC(C)(C)C.I. The first kappa shape index (κ1) is 28.0. The average Bonchev–Trinajstić information content (AvgIpc) is 2.60. The molecular formula is C18H29F3IN5O3. The van der Waals surface area contributed by atoms with Crippen LogP contribution < -0.4 is 20.7 Å². The Balaban J connectivity index is 0.00000841. The van der Waals surface area contributed by atoms with Gasteiger partial charge in [0.05, 0.1) is 6.54 Å². The Labute approximate surface area is 191 Å². The lowest BCUT2D eigenvalue weighted by atomic mass is 10.2. The number of hydrogen-bond acceptors (Lipinski definition) is 5. The lowest BCUT2D eigenvalue weighted by molar-refractivity contribution is -0.154. The summed E-state index contributed by atoms with van der Waals surface area (Å²) >= 11 is 0. The molecule has 3 N–H and O–H groups in total. The van der Waals surface area contributed by atoms with E-state index in [0.29, 0.717) is 31.2 Å². The van der Waals surface area contributed by atoms with Gasteiger partial charge in [0.15, 0.2) is 12.6 Å². The standard InChI is InChI=1S/C18H28F3N5O3.HI/c1-5-22-15(24-9-10-25-16(27)29-17(2,3)4)26-11-13-7-6-8-23-14(13)28-12-18(19,20)21;/h6-8H,5,9-12H2,1-4H3,(H,25,27)(H2,22,24,26);1H. The number of alkyl carbamates (subject to hydrolysis) is 1. The number of ether oxygens (including phenoxy) is 2. The molecule has 0 aliphatic heterocycles. The van der Waals surface area contributed by atoms with E-state index in [1.54, 1.807) is 32.9 Å². The van der Waals surface area contributed by atoms with Gasteiger partial charge in [-0.05, 0) is 33.8 Å². The number of rotatable bonds is 8. The van der Waals surface area contributed by atoms with Crippen LogP contribution in [0, 0.1) is 0 Å². The molecule has 0 bridgehead atoms. The van der Waals surface area contributed by atoms with Crippen LogP contribution in [-0.2, 0) is 11.3 Å². The number of nitrogens with zero attached hydrogens (tertiary/aromatic N) is 2.